The van der Waals surface area contributed by atoms with Crippen molar-refractivity contribution >= 4 is 85.9 Å². The highest BCUT2D eigenvalue weighted by Gasteiger charge is 2.16. The molecule has 0 bridgehead atoms. The summed E-state index contributed by atoms with van der Waals surface area (Å²) in [5.74, 6) is 0.622. The molecule has 0 aliphatic heterocycles. The summed E-state index contributed by atoms with van der Waals surface area (Å²) in [6, 6.07) is 21.7. The number of fused-ring (bicyclic) bond motifs is 1. The second-order valence-corrected chi connectivity index (χ2v) is 11.8. The Balaban J connectivity index is 1.32. The number of nitro benzene ring substituents is 1. The minimum Gasteiger partial charge on any atom is -0.258 e. The molecule has 0 N–H and O–H groups in total. The molecule has 0 spiro atoms. The van der Waals surface area contributed by atoms with Gasteiger partial charge in [0.2, 0.25) is 0 Å². The zero-order valence-corrected chi connectivity index (χ0v) is 22.8. The Kier molecular flexibility index (Phi) is 8.07. The van der Waals surface area contributed by atoms with Crippen molar-refractivity contribution < 1.29 is 4.92 Å². The quantitative estimate of drug-likeness (QED) is 0.0784. The van der Waals surface area contributed by atoms with Crippen molar-refractivity contribution in [2.75, 3.05) is 0 Å². The number of aliphatic imine (C=N–C) groups is 1. The number of nitro groups is 1. The van der Waals surface area contributed by atoms with Crippen LogP contribution in [0.25, 0.3) is 10.2 Å². The Hall–Kier alpha value is -2.95. The van der Waals surface area contributed by atoms with E-state index in [2.05, 4.69) is 15.0 Å². The number of rotatable bonds is 8. The summed E-state index contributed by atoms with van der Waals surface area (Å²) in [5, 5.41) is 13.6. The first-order valence-electron chi connectivity index (χ1n) is 10.8. The zero-order chi connectivity index (χ0) is 25.8. The van der Waals surface area contributed by atoms with Gasteiger partial charge in [-0.1, -0.05) is 64.9 Å². The number of nitrogens with zero attached hydrogens (tertiary/aromatic N) is 4. The van der Waals surface area contributed by atoms with Crippen molar-refractivity contribution in [1.29, 1.82) is 0 Å². The topological polar surface area (TPSA) is 81.3 Å². The van der Waals surface area contributed by atoms with E-state index in [1.165, 1.54) is 17.8 Å². The number of thiazole rings is 1. The summed E-state index contributed by atoms with van der Waals surface area (Å²) in [6.45, 7) is 0. The molecule has 0 radical (unpaired) electrons. The maximum Gasteiger partial charge on any atom is 0.283 e. The summed E-state index contributed by atoms with van der Waals surface area (Å²) in [7, 11) is 0. The number of aromatic nitrogens is 2. The van der Waals surface area contributed by atoms with Crippen molar-refractivity contribution in [3.05, 3.63) is 110 Å². The van der Waals surface area contributed by atoms with E-state index in [-0.39, 0.29) is 10.6 Å². The molecular formula is C26H16Cl2N4O2S3. The first-order chi connectivity index (χ1) is 18.0. The van der Waals surface area contributed by atoms with E-state index in [4.69, 9.17) is 23.2 Å². The summed E-state index contributed by atoms with van der Waals surface area (Å²) in [4.78, 5) is 25.3. The Labute approximate surface area is 234 Å². The lowest BCUT2D eigenvalue weighted by Gasteiger charge is -2.04. The van der Waals surface area contributed by atoms with Crippen LogP contribution in [-0.2, 0) is 5.75 Å². The molecule has 5 aromatic rings. The fourth-order valence-electron chi connectivity index (χ4n) is 3.35. The Bertz CT molecular complexity index is 1610. The minimum absolute atomic E-state index is 0.0119. The molecule has 2 heterocycles. The number of pyridine rings is 1. The minimum atomic E-state index is -0.388. The largest absolute Gasteiger partial charge is 0.283 e. The average molecular weight is 584 g/mol. The van der Waals surface area contributed by atoms with E-state index in [1.54, 1.807) is 47.6 Å². The molecular weight excluding hydrogens is 567 g/mol. The van der Waals surface area contributed by atoms with Gasteiger partial charge in [0.05, 0.1) is 25.7 Å². The highest BCUT2D eigenvalue weighted by Crippen LogP contribution is 2.37. The molecule has 3 aromatic carbocycles. The van der Waals surface area contributed by atoms with Gasteiger partial charge in [0.25, 0.3) is 5.69 Å². The van der Waals surface area contributed by atoms with Gasteiger partial charge in [0.15, 0.2) is 4.34 Å². The number of halogens is 2. The van der Waals surface area contributed by atoms with E-state index in [1.807, 2.05) is 54.6 Å². The fraction of sp³-hybridized carbons (Fsp3) is 0.0385. The molecule has 184 valence electrons. The van der Waals surface area contributed by atoms with Gasteiger partial charge < -0.3 is 0 Å². The van der Waals surface area contributed by atoms with Crippen molar-refractivity contribution in [2.45, 2.75) is 20.0 Å². The fourth-order valence-corrected chi connectivity index (χ4v) is 7.05. The van der Waals surface area contributed by atoms with Crippen molar-refractivity contribution in [1.82, 2.24) is 9.97 Å². The molecule has 6 nitrogen and oxygen atoms in total. The predicted octanol–water partition coefficient (Wildman–Crippen LogP) is 9.10. The molecule has 0 fully saturated rings. The van der Waals surface area contributed by atoms with Gasteiger partial charge in [-0.2, -0.15) is 0 Å². The first kappa shape index (κ1) is 25.7. The van der Waals surface area contributed by atoms with Crippen LogP contribution in [0, 0.1) is 10.1 Å². The molecule has 0 aliphatic rings. The van der Waals surface area contributed by atoms with Crippen LogP contribution in [0.4, 0.5) is 11.4 Å². The lowest BCUT2D eigenvalue weighted by atomic mass is 10.2. The highest BCUT2D eigenvalue weighted by molar-refractivity contribution is 8.00. The Morgan fingerprint density at radius 2 is 1.86 bits per heavy atom. The second-order valence-electron chi connectivity index (χ2n) is 7.63. The molecule has 5 rings (SSSR count). The van der Waals surface area contributed by atoms with Crippen molar-refractivity contribution in [2.24, 2.45) is 4.99 Å². The smallest absolute Gasteiger partial charge is 0.258 e. The summed E-state index contributed by atoms with van der Waals surface area (Å²) in [5.41, 5.74) is 3.14. The van der Waals surface area contributed by atoms with Gasteiger partial charge in [0.1, 0.15) is 5.03 Å². The van der Waals surface area contributed by atoms with Gasteiger partial charge in [-0.05, 0) is 59.7 Å². The molecule has 0 atom stereocenters. The number of hydrogen-bond acceptors (Lipinski definition) is 8. The zero-order valence-electron chi connectivity index (χ0n) is 18.9. The summed E-state index contributed by atoms with van der Waals surface area (Å²) >= 11 is 17.0. The normalized spacial score (nSPS) is 11.4. The molecule has 2 aromatic heterocycles. The van der Waals surface area contributed by atoms with Crippen LogP contribution in [0.3, 0.4) is 0 Å². The van der Waals surface area contributed by atoms with Crippen molar-refractivity contribution in [3.63, 3.8) is 0 Å². The van der Waals surface area contributed by atoms with Crippen molar-refractivity contribution in [3.8, 4) is 0 Å². The SMILES string of the molecule is O=[N+]([O-])c1cc(C=Nc2ccc3nc(SCc4c(Cl)cccc4Cl)sc3c2)ccc1Sc1ccccn1. The second kappa shape index (κ2) is 11.6. The monoisotopic (exact) mass is 582 g/mol. The maximum absolute atomic E-state index is 11.7. The van der Waals surface area contributed by atoms with Gasteiger partial charge >= 0.3 is 0 Å². The Morgan fingerprint density at radius 1 is 1.03 bits per heavy atom. The Morgan fingerprint density at radius 3 is 2.62 bits per heavy atom. The van der Waals surface area contributed by atoms with Crippen LogP contribution in [0.15, 0.2) is 98.2 Å². The van der Waals surface area contributed by atoms with Crippen LogP contribution in [0.5, 0.6) is 0 Å². The number of hydrogen-bond donors (Lipinski definition) is 0. The number of benzene rings is 3. The van der Waals surface area contributed by atoms with E-state index in [9.17, 15) is 10.1 Å². The summed E-state index contributed by atoms with van der Waals surface area (Å²) in [6.07, 6.45) is 3.28. The molecule has 11 heteroatoms. The summed E-state index contributed by atoms with van der Waals surface area (Å²) < 4.78 is 1.90. The molecule has 0 saturated carbocycles. The number of thioether (sulfide) groups is 1. The molecule has 0 unspecified atom stereocenters. The molecule has 37 heavy (non-hydrogen) atoms. The van der Waals surface area contributed by atoms with E-state index in [0.29, 0.717) is 31.3 Å². The third-order valence-electron chi connectivity index (χ3n) is 5.15. The van der Waals surface area contributed by atoms with E-state index < -0.39 is 0 Å². The van der Waals surface area contributed by atoms with Gasteiger partial charge in [-0.15, -0.1) is 11.3 Å². The highest BCUT2D eigenvalue weighted by atomic mass is 35.5. The van der Waals surface area contributed by atoms with Gasteiger partial charge in [0, 0.05) is 34.3 Å². The third kappa shape index (κ3) is 6.31. The predicted molar refractivity (Wildman–Crippen MR) is 154 cm³/mol. The standard InChI is InChI=1S/C26H16Cl2N4O2S3/c27-19-4-3-5-20(28)18(19)15-35-26-31-21-9-8-17(13-24(21)37-26)30-14-16-7-10-23(22(12-16)32(33)34)36-25-6-1-2-11-29-25/h1-14H,15H2. The van der Waals surface area contributed by atoms with Crippen LogP contribution < -0.4 is 0 Å². The molecule has 0 amide bonds. The lowest BCUT2D eigenvalue weighted by Crippen LogP contribution is -1.93. The molecule has 0 saturated heterocycles. The van der Waals surface area contributed by atoms with Gasteiger partial charge in [-0.3, -0.25) is 15.1 Å². The van der Waals surface area contributed by atoms with Crippen LogP contribution in [0.2, 0.25) is 10.0 Å². The molecule has 0 aliphatic carbocycles. The van der Waals surface area contributed by atoms with E-state index >= 15 is 0 Å². The van der Waals surface area contributed by atoms with E-state index in [0.717, 1.165) is 25.8 Å². The van der Waals surface area contributed by atoms with Gasteiger partial charge in [-0.25, -0.2) is 9.97 Å². The first-order valence-corrected chi connectivity index (χ1v) is 14.2. The lowest BCUT2D eigenvalue weighted by molar-refractivity contribution is -0.387. The van der Waals surface area contributed by atoms with Crippen LogP contribution in [-0.4, -0.2) is 21.1 Å². The maximum atomic E-state index is 11.7. The van der Waals surface area contributed by atoms with Crippen LogP contribution in [0.1, 0.15) is 11.1 Å². The van der Waals surface area contributed by atoms with Crippen LogP contribution >= 0.6 is 58.1 Å². The average Bonchev–Trinajstić information content (AvgIpc) is 3.30. The third-order valence-corrected chi connectivity index (χ3v) is 9.06.